The van der Waals surface area contributed by atoms with E-state index in [1.54, 1.807) is 0 Å². The van der Waals surface area contributed by atoms with Gasteiger partial charge in [-0.15, -0.1) is 0 Å². The maximum Gasteiger partial charge on any atom is 0.315 e. The van der Waals surface area contributed by atoms with Gasteiger partial charge >= 0.3 is 6.03 Å². The first-order valence-electron chi connectivity index (χ1n) is 7.09. The van der Waals surface area contributed by atoms with E-state index in [4.69, 9.17) is 0 Å². The zero-order valence-electron chi connectivity index (χ0n) is 12.7. The summed E-state index contributed by atoms with van der Waals surface area (Å²) < 4.78 is 0. The van der Waals surface area contributed by atoms with Gasteiger partial charge in [0.25, 0.3) is 0 Å². The van der Waals surface area contributed by atoms with Crippen LogP contribution in [0.2, 0.25) is 0 Å². The fourth-order valence-electron chi connectivity index (χ4n) is 1.74. The highest BCUT2D eigenvalue weighted by Gasteiger charge is 2.13. The topological polar surface area (TPSA) is 41.1 Å². The normalized spacial score (nSPS) is 14.0. The molecule has 1 rings (SSSR count). The minimum absolute atomic E-state index is 0.0188. The van der Waals surface area contributed by atoms with Crippen molar-refractivity contribution in [2.45, 2.75) is 53.1 Å². The molecule has 0 aromatic heterocycles. The number of hydrogen-bond donors (Lipinski definition) is 2. The molecule has 0 aliphatic rings. The Bertz CT molecular complexity index is 398. The molecule has 3 heteroatoms. The summed E-state index contributed by atoms with van der Waals surface area (Å²) in [6.45, 7) is 10.3. The molecule has 2 N–H and O–H groups in total. The third-order valence-electron chi connectivity index (χ3n) is 3.59. The summed E-state index contributed by atoms with van der Waals surface area (Å²) in [5.41, 5.74) is 2.44. The number of amides is 2. The Morgan fingerprint density at radius 3 is 2.11 bits per heavy atom. The Morgan fingerprint density at radius 1 is 1.05 bits per heavy atom. The van der Waals surface area contributed by atoms with E-state index < -0.39 is 0 Å². The lowest BCUT2D eigenvalue weighted by molar-refractivity contribution is 0.231. The lowest BCUT2D eigenvalue weighted by Crippen LogP contribution is -2.43. The second-order valence-corrected chi connectivity index (χ2v) is 5.47. The van der Waals surface area contributed by atoms with Gasteiger partial charge in [0.2, 0.25) is 0 Å². The van der Waals surface area contributed by atoms with Crippen molar-refractivity contribution in [2.75, 3.05) is 0 Å². The Morgan fingerprint density at radius 2 is 1.63 bits per heavy atom. The van der Waals surface area contributed by atoms with Gasteiger partial charge < -0.3 is 10.6 Å². The fourth-order valence-corrected chi connectivity index (χ4v) is 1.74. The largest absolute Gasteiger partial charge is 0.335 e. The van der Waals surface area contributed by atoms with Gasteiger partial charge in [-0.3, -0.25) is 0 Å². The monoisotopic (exact) mass is 262 g/mol. The Kier molecular flexibility index (Phi) is 5.87. The molecule has 2 unspecified atom stereocenters. The molecule has 0 spiro atoms. The van der Waals surface area contributed by atoms with Crippen molar-refractivity contribution in [1.29, 1.82) is 0 Å². The molecule has 0 bridgehead atoms. The van der Waals surface area contributed by atoms with Crippen LogP contribution >= 0.6 is 0 Å². The molecule has 19 heavy (non-hydrogen) atoms. The molecule has 0 aliphatic carbocycles. The lowest BCUT2D eigenvalue weighted by atomic mass is 10.0. The maximum absolute atomic E-state index is 11.8. The molecule has 1 aromatic rings. The maximum atomic E-state index is 11.8. The Balaban J connectivity index is 2.53. The van der Waals surface area contributed by atoms with Crippen LogP contribution < -0.4 is 10.6 Å². The molecule has 106 valence electrons. The number of hydrogen-bond acceptors (Lipinski definition) is 1. The molecule has 1 aromatic carbocycles. The van der Waals surface area contributed by atoms with Gasteiger partial charge in [0.1, 0.15) is 0 Å². The first kappa shape index (κ1) is 15.5. The lowest BCUT2D eigenvalue weighted by Gasteiger charge is -2.20. The first-order valence-corrected chi connectivity index (χ1v) is 7.09. The second-order valence-electron chi connectivity index (χ2n) is 5.47. The third kappa shape index (κ3) is 4.93. The SMILES string of the molecule is CCc1ccc(C(C)NC(=O)NC(C)C(C)C)cc1. The van der Waals surface area contributed by atoms with Crippen LogP contribution in [0.1, 0.15) is 51.8 Å². The number of rotatable bonds is 5. The Labute approximate surface area is 116 Å². The van der Waals surface area contributed by atoms with Gasteiger partial charge in [-0.25, -0.2) is 4.79 Å². The number of carbonyl (C=O) groups excluding carboxylic acids is 1. The molecule has 0 heterocycles. The summed E-state index contributed by atoms with van der Waals surface area (Å²) in [5, 5.41) is 5.92. The van der Waals surface area contributed by atoms with Crippen molar-refractivity contribution in [1.82, 2.24) is 10.6 Å². The van der Waals surface area contributed by atoms with Gasteiger partial charge in [-0.1, -0.05) is 45.0 Å². The van der Waals surface area contributed by atoms with Crippen molar-refractivity contribution in [3.63, 3.8) is 0 Å². The smallest absolute Gasteiger partial charge is 0.315 e. The van der Waals surface area contributed by atoms with Crippen molar-refractivity contribution >= 4 is 6.03 Å². The zero-order valence-corrected chi connectivity index (χ0v) is 12.7. The van der Waals surface area contributed by atoms with Crippen LogP contribution in [0.5, 0.6) is 0 Å². The predicted molar refractivity (Wildman–Crippen MR) is 80.2 cm³/mol. The predicted octanol–water partition coefficient (Wildman–Crippen LogP) is 3.65. The van der Waals surface area contributed by atoms with Crippen molar-refractivity contribution in [3.8, 4) is 0 Å². The van der Waals surface area contributed by atoms with Crippen LogP contribution in [0, 0.1) is 5.92 Å². The molecule has 0 radical (unpaired) electrons. The minimum Gasteiger partial charge on any atom is -0.335 e. The van der Waals surface area contributed by atoms with Crippen LogP contribution in [0.15, 0.2) is 24.3 Å². The average molecular weight is 262 g/mol. The highest BCUT2D eigenvalue weighted by molar-refractivity contribution is 5.74. The highest BCUT2D eigenvalue weighted by atomic mass is 16.2. The van der Waals surface area contributed by atoms with E-state index in [1.165, 1.54) is 5.56 Å². The van der Waals surface area contributed by atoms with Crippen molar-refractivity contribution < 1.29 is 4.79 Å². The second kappa shape index (κ2) is 7.17. The van der Waals surface area contributed by atoms with Gasteiger partial charge in [-0.2, -0.15) is 0 Å². The molecule has 3 nitrogen and oxygen atoms in total. The zero-order chi connectivity index (χ0) is 14.4. The number of benzene rings is 1. The van der Waals surface area contributed by atoms with Crippen LogP contribution in [-0.2, 0) is 6.42 Å². The van der Waals surface area contributed by atoms with Gasteiger partial charge in [0, 0.05) is 6.04 Å². The molecular weight excluding hydrogens is 236 g/mol. The molecule has 0 aliphatic heterocycles. The summed E-state index contributed by atoms with van der Waals surface area (Å²) in [4.78, 5) is 11.8. The summed E-state index contributed by atoms with van der Waals surface area (Å²) >= 11 is 0. The van der Waals surface area contributed by atoms with E-state index in [0.717, 1.165) is 12.0 Å². The molecule has 2 amide bonds. The summed E-state index contributed by atoms with van der Waals surface area (Å²) in [5.74, 6) is 0.435. The third-order valence-corrected chi connectivity index (χ3v) is 3.59. The van der Waals surface area contributed by atoms with E-state index in [9.17, 15) is 4.79 Å². The number of aryl methyl sites for hydroxylation is 1. The fraction of sp³-hybridized carbons (Fsp3) is 0.562. The van der Waals surface area contributed by atoms with E-state index in [0.29, 0.717) is 5.92 Å². The van der Waals surface area contributed by atoms with Gasteiger partial charge in [0.05, 0.1) is 6.04 Å². The summed E-state index contributed by atoms with van der Waals surface area (Å²) in [6.07, 6.45) is 1.04. The van der Waals surface area contributed by atoms with Crippen molar-refractivity contribution in [2.24, 2.45) is 5.92 Å². The molecule has 0 saturated carbocycles. The van der Waals surface area contributed by atoms with Crippen LogP contribution in [0.3, 0.4) is 0 Å². The highest BCUT2D eigenvalue weighted by Crippen LogP contribution is 2.13. The van der Waals surface area contributed by atoms with Crippen LogP contribution in [-0.4, -0.2) is 12.1 Å². The summed E-state index contributed by atoms with van der Waals surface area (Å²) in [6, 6.07) is 8.48. The average Bonchev–Trinajstić information content (AvgIpc) is 2.38. The van der Waals surface area contributed by atoms with Crippen molar-refractivity contribution in [3.05, 3.63) is 35.4 Å². The molecule has 0 fully saturated rings. The van der Waals surface area contributed by atoms with E-state index in [2.05, 4.69) is 55.7 Å². The van der Waals surface area contributed by atoms with Gasteiger partial charge in [0.15, 0.2) is 0 Å². The first-order chi connectivity index (χ1) is 8.93. The van der Waals surface area contributed by atoms with Crippen LogP contribution in [0.25, 0.3) is 0 Å². The molecule has 0 saturated heterocycles. The standard InChI is InChI=1S/C16H26N2O/c1-6-14-7-9-15(10-8-14)13(5)18-16(19)17-12(4)11(2)3/h7-13H,6H2,1-5H3,(H2,17,18,19). The molecule has 2 atom stereocenters. The van der Waals surface area contributed by atoms with Gasteiger partial charge in [-0.05, 0) is 37.3 Å². The number of urea groups is 1. The van der Waals surface area contributed by atoms with E-state index in [-0.39, 0.29) is 18.1 Å². The summed E-state index contributed by atoms with van der Waals surface area (Å²) in [7, 11) is 0. The quantitative estimate of drug-likeness (QED) is 0.835. The molecular formula is C16H26N2O. The Hall–Kier alpha value is -1.51. The van der Waals surface area contributed by atoms with Crippen LogP contribution in [0.4, 0.5) is 4.79 Å². The number of carbonyl (C=O) groups is 1. The van der Waals surface area contributed by atoms with E-state index in [1.807, 2.05) is 13.8 Å². The minimum atomic E-state index is -0.103. The van der Waals surface area contributed by atoms with E-state index >= 15 is 0 Å². The number of nitrogens with one attached hydrogen (secondary N) is 2.